The lowest BCUT2D eigenvalue weighted by atomic mass is 9.60. The van der Waals surface area contributed by atoms with Crippen LogP contribution in [-0.2, 0) is 11.8 Å². The first-order valence-corrected chi connectivity index (χ1v) is 6.41. The summed E-state index contributed by atoms with van der Waals surface area (Å²) < 4.78 is 0. The molecule has 0 fully saturated rings. The van der Waals surface area contributed by atoms with Crippen molar-refractivity contribution < 1.29 is 5.11 Å². The van der Waals surface area contributed by atoms with Crippen LogP contribution in [0.2, 0.25) is 0 Å². The van der Waals surface area contributed by atoms with Crippen molar-refractivity contribution in [1.82, 2.24) is 0 Å². The summed E-state index contributed by atoms with van der Waals surface area (Å²) >= 11 is 0. The van der Waals surface area contributed by atoms with E-state index in [0.29, 0.717) is 6.42 Å². The summed E-state index contributed by atoms with van der Waals surface area (Å²) in [5, 5.41) is 20.2. The number of nitrogens with zero attached hydrogens (tertiary/aromatic N) is 1. The summed E-state index contributed by atoms with van der Waals surface area (Å²) in [4.78, 5) is 0. The van der Waals surface area contributed by atoms with Crippen LogP contribution in [0.25, 0.3) is 0 Å². The highest BCUT2D eigenvalue weighted by Gasteiger charge is 2.49. The molecule has 19 heavy (non-hydrogen) atoms. The Bertz CT molecular complexity index is 654. The molecule has 0 bridgehead atoms. The van der Waals surface area contributed by atoms with E-state index in [0.717, 1.165) is 22.3 Å². The molecule has 2 heteroatoms. The predicted molar refractivity (Wildman–Crippen MR) is 73.6 cm³/mol. The molecule has 0 heterocycles. The molecular formula is C17H15NO. The van der Waals surface area contributed by atoms with Crippen molar-refractivity contribution in [3.8, 4) is 6.07 Å². The van der Waals surface area contributed by atoms with Crippen molar-refractivity contribution in [1.29, 1.82) is 5.26 Å². The van der Waals surface area contributed by atoms with Gasteiger partial charge in [0.05, 0.1) is 6.07 Å². The van der Waals surface area contributed by atoms with Crippen molar-refractivity contribution in [3.63, 3.8) is 0 Å². The lowest BCUT2D eigenvalue weighted by Gasteiger charge is -2.41. The minimum Gasteiger partial charge on any atom is -0.386 e. The second-order valence-corrected chi connectivity index (χ2v) is 5.23. The molecule has 2 aromatic rings. The van der Waals surface area contributed by atoms with Crippen LogP contribution in [0.15, 0.2) is 48.5 Å². The van der Waals surface area contributed by atoms with Gasteiger partial charge in [0.25, 0.3) is 0 Å². The molecule has 1 aliphatic carbocycles. The van der Waals surface area contributed by atoms with Gasteiger partial charge in [-0.2, -0.15) is 5.26 Å². The van der Waals surface area contributed by atoms with Gasteiger partial charge in [-0.25, -0.2) is 0 Å². The largest absolute Gasteiger partial charge is 0.386 e. The number of aliphatic hydroxyl groups excluding tert-OH is 1. The molecule has 0 saturated heterocycles. The molecule has 0 saturated carbocycles. The maximum Gasteiger partial charge on any atom is 0.116 e. The number of fused-ring (bicyclic) bond motifs is 1. The molecule has 0 aromatic heterocycles. The maximum absolute atomic E-state index is 10.6. The summed E-state index contributed by atoms with van der Waals surface area (Å²) in [7, 11) is 0. The molecule has 2 aromatic carbocycles. The van der Waals surface area contributed by atoms with Gasteiger partial charge in [0.15, 0.2) is 0 Å². The topological polar surface area (TPSA) is 44.0 Å². The Kier molecular flexibility index (Phi) is 2.66. The quantitative estimate of drug-likeness (QED) is 0.889. The van der Waals surface area contributed by atoms with Gasteiger partial charge in [0, 0.05) is 0 Å². The van der Waals surface area contributed by atoms with E-state index >= 15 is 0 Å². The third-order valence-electron chi connectivity index (χ3n) is 4.03. The van der Waals surface area contributed by atoms with Crippen LogP contribution in [-0.4, -0.2) is 5.11 Å². The zero-order valence-corrected chi connectivity index (χ0v) is 10.8. The van der Waals surface area contributed by atoms with Crippen LogP contribution in [0.5, 0.6) is 0 Å². The second-order valence-electron chi connectivity index (χ2n) is 5.23. The number of nitriles is 1. The molecule has 94 valence electrons. The monoisotopic (exact) mass is 249 g/mol. The highest BCUT2D eigenvalue weighted by atomic mass is 16.3. The van der Waals surface area contributed by atoms with E-state index in [1.165, 1.54) is 0 Å². The average Bonchev–Trinajstić information content (AvgIpc) is 2.41. The fourth-order valence-corrected chi connectivity index (χ4v) is 2.84. The van der Waals surface area contributed by atoms with Crippen LogP contribution < -0.4 is 0 Å². The molecule has 2 atom stereocenters. The van der Waals surface area contributed by atoms with Crippen LogP contribution in [0.4, 0.5) is 0 Å². The van der Waals surface area contributed by atoms with Crippen LogP contribution >= 0.6 is 0 Å². The third kappa shape index (κ3) is 1.67. The molecule has 2 unspecified atom stereocenters. The Morgan fingerprint density at radius 3 is 2.47 bits per heavy atom. The van der Waals surface area contributed by atoms with E-state index in [2.05, 4.69) is 6.07 Å². The lowest BCUT2D eigenvalue weighted by molar-refractivity contribution is 0.0973. The number of aryl methyl sites for hydroxylation is 1. The fraction of sp³-hybridized carbons (Fsp3) is 0.235. The SMILES string of the molecule is Cc1ccc(C(O)C2(C#N)Cc3ccccc32)cc1. The van der Waals surface area contributed by atoms with Gasteiger partial charge in [0.2, 0.25) is 0 Å². The van der Waals surface area contributed by atoms with Crippen molar-refractivity contribution in [2.75, 3.05) is 0 Å². The van der Waals surface area contributed by atoms with Gasteiger partial charge >= 0.3 is 0 Å². The number of benzene rings is 2. The number of rotatable bonds is 2. The standard InChI is InChI=1S/C17H15NO/c1-12-6-8-13(9-7-12)16(19)17(11-18)10-14-4-2-3-5-15(14)17/h2-9,16,19H,10H2,1H3. The van der Waals surface area contributed by atoms with Gasteiger partial charge in [-0.3, -0.25) is 0 Å². The Labute approximate surface area is 112 Å². The van der Waals surface area contributed by atoms with Crippen molar-refractivity contribution >= 4 is 0 Å². The second kappa shape index (κ2) is 4.22. The predicted octanol–water partition coefficient (Wildman–Crippen LogP) is 3.05. The molecule has 0 amide bonds. The molecule has 0 spiro atoms. The molecule has 0 aliphatic heterocycles. The molecule has 1 aliphatic rings. The van der Waals surface area contributed by atoms with Gasteiger partial charge in [-0.15, -0.1) is 0 Å². The summed E-state index contributed by atoms with van der Waals surface area (Å²) in [6, 6.07) is 17.9. The first-order valence-electron chi connectivity index (χ1n) is 6.41. The van der Waals surface area contributed by atoms with Gasteiger partial charge in [-0.05, 0) is 30.0 Å². The Hall–Kier alpha value is -2.11. The van der Waals surface area contributed by atoms with E-state index in [-0.39, 0.29) is 0 Å². The van der Waals surface area contributed by atoms with E-state index in [4.69, 9.17) is 0 Å². The number of aliphatic hydroxyl groups is 1. The Balaban J connectivity index is 2.02. The summed E-state index contributed by atoms with van der Waals surface area (Å²) in [5.41, 5.74) is 3.30. The zero-order chi connectivity index (χ0) is 13.5. The Morgan fingerprint density at radius 2 is 1.84 bits per heavy atom. The minimum absolute atomic E-state index is 0.620. The van der Waals surface area contributed by atoms with E-state index in [1.807, 2.05) is 55.5 Å². The number of hydrogen-bond donors (Lipinski definition) is 1. The summed E-state index contributed by atoms with van der Waals surface area (Å²) in [6.45, 7) is 2.01. The molecule has 0 radical (unpaired) electrons. The first-order chi connectivity index (χ1) is 9.17. The van der Waals surface area contributed by atoms with Crippen molar-refractivity contribution in [2.45, 2.75) is 24.9 Å². The van der Waals surface area contributed by atoms with Gasteiger partial charge in [-0.1, -0.05) is 54.1 Å². The van der Waals surface area contributed by atoms with Crippen molar-refractivity contribution in [3.05, 3.63) is 70.8 Å². The van der Waals surface area contributed by atoms with E-state index in [1.54, 1.807) is 0 Å². The van der Waals surface area contributed by atoms with E-state index < -0.39 is 11.5 Å². The lowest BCUT2D eigenvalue weighted by Crippen LogP contribution is -2.43. The Morgan fingerprint density at radius 1 is 1.16 bits per heavy atom. The minimum atomic E-state index is -0.786. The summed E-state index contributed by atoms with van der Waals surface area (Å²) in [5.74, 6) is 0. The molecule has 1 N–H and O–H groups in total. The first kappa shape index (κ1) is 12.0. The number of hydrogen-bond acceptors (Lipinski definition) is 2. The average molecular weight is 249 g/mol. The molecular weight excluding hydrogens is 234 g/mol. The van der Waals surface area contributed by atoms with Gasteiger partial charge < -0.3 is 5.11 Å². The molecule has 2 nitrogen and oxygen atoms in total. The highest BCUT2D eigenvalue weighted by molar-refractivity contribution is 5.52. The molecule has 3 rings (SSSR count). The smallest absolute Gasteiger partial charge is 0.116 e. The van der Waals surface area contributed by atoms with Crippen LogP contribution in [0, 0.1) is 18.3 Å². The zero-order valence-electron chi connectivity index (χ0n) is 10.8. The fourth-order valence-electron chi connectivity index (χ4n) is 2.84. The summed E-state index contributed by atoms with van der Waals surface area (Å²) in [6.07, 6.45) is -0.151. The van der Waals surface area contributed by atoms with E-state index in [9.17, 15) is 10.4 Å². The van der Waals surface area contributed by atoms with Crippen LogP contribution in [0.3, 0.4) is 0 Å². The van der Waals surface area contributed by atoms with Crippen molar-refractivity contribution in [2.24, 2.45) is 0 Å². The maximum atomic E-state index is 10.6. The third-order valence-corrected chi connectivity index (χ3v) is 4.03. The van der Waals surface area contributed by atoms with Gasteiger partial charge in [0.1, 0.15) is 11.5 Å². The normalized spacial score (nSPS) is 21.9. The highest BCUT2D eigenvalue weighted by Crippen LogP contribution is 2.48. The van der Waals surface area contributed by atoms with Crippen LogP contribution in [0.1, 0.15) is 28.4 Å².